The Morgan fingerprint density at radius 2 is 2.42 bits per heavy atom. The third-order valence-corrected chi connectivity index (χ3v) is 3.90. The van der Waals surface area contributed by atoms with Crippen LogP contribution in [0.25, 0.3) is 0 Å². The van der Waals surface area contributed by atoms with Gasteiger partial charge in [0.05, 0.1) is 11.4 Å². The fourth-order valence-electron chi connectivity index (χ4n) is 1.46. The van der Waals surface area contributed by atoms with Crippen LogP contribution >= 0.6 is 11.8 Å². The maximum Gasteiger partial charge on any atom is 0.150 e. The van der Waals surface area contributed by atoms with E-state index in [1.807, 2.05) is 0 Å². The van der Waals surface area contributed by atoms with Crippen molar-refractivity contribution in [3.05, 3.63) is 0 Å². The van der Waals surface area contributed by atoms with Crippen molar-refractivity contribution in [2.45, 2.75) is 30.9 Å². The van der Waals surface area contributed by atoms with Gasteiger partial charge in [0.2, 0.25) is 0 Å². The van der Waals surface area contributed by atoms with Crippen LogP contribution < -0.4 is 0 Å². The highest BCUT2D eigenvalue weighted by molar-refractivity contribution is 8.01. The van der Waals surface area contributed by atoms with E-state index in [0.29, 0.717) is 18.8 Å². The van der Waals surface area contributed by atoms with Gasteiger partial charge in [-0.3, -0.25) is 4.79 Å². The summed E-state index contributed by atoms with van der Waals surface area (Å²) in [6.45, 7) is 2.62. The first-order valence-corrected chi connectivity index (χ1v) is 5.34. The van der Waals surface area contributed by atoms with Crippen LogP contribution in [0.5, 0.6) is 0 Å². The van der Waals surface area contributed by atoms with E-state index in [4.69, 9.17) is 4.74 Å². The Balaban J connectivity index is 2.39. The lowest BCUT2D eigenvalue weighted by Crippen LogP contribution is -2.29. The monoisotopic (exact) mass is 188 g/mol. The molecule has 0 aromatic heterocycles. The minimum Gasteiger partial charge on any atom is -0.384 e. The van der Waals surface area contributed by atoms with Gasteiger partial charge in [0.25, 0.3) is 0 Å². The van der Waals surface area contributed by atoms with Crippen LogP contribution in [0, 0.1) is 0 Å². The molecule has 70 valence electrons. The third-order valence-electron chi connectivity index (χ3n) is 2.34. The molecule has 0 aromatic carbocycles. The molecule has 1 fully saturated rings. The summed E-state index contributed by atoms with van der Waals surface area (Å²) >= 11 is 1.80. The number of rotatable bonds is 4. The Morgan fingerprint density at radius 3 is 2.92 bits per heavy atom. The molecule has 1 saturated heterocycles. The second-order valence-corrected chi connectivity index (χ2v) is 4.95. The number of carbonyl (C=O) groups is 1. The quantitative estimate of drug-likeness (QED) is 0.674. The normalized spacial score (nSPS) is 29.2. The molecule has 1 heterocycles. The number of thioether (sulfide) groups is 1. The van der Waals surface area contributed by atoms with Gasteiger partial charge < -0.3 is 4.74 Å². The molecule has 1 aliphatic heterocycles. The fourth-order valence-corrected chi connectivity index (χ4v) is 2.75. The predicted molar refractivity (Wildman–Crippen MR) is 51.6 cm³/mol. The van der Waals surface area contributed by atoms with Crippen LogP contribution in [0.4, 0.5) is 0 Å². The van der Waals surface area contributed by atoms with Gasteiger partial charge in [-0.05, 0) is 25.5 Å². The molecule has 0 saturated carbocycles. The second-order valence-electron chi connectivity index (χ2n) is 3.35. The van der Waals surface area contributed by atoms with E-state index < -0.39 is 0 Å². The Bertz CT molecular complexity index is 162. The van der Waals surface area contributed by atoms with E-state index in [2.05, 4.69) is 6.92 Å². The molecule has 0 amide bonds. The molecule has 0 radical (unpaired) electrons. The summed E-state index contributed by atoms with van der Waals surface area (Å²) in [6.07, 6.45) is 2.79. The van der Waals surface area contributed by atoms with Gasteiger partial charge in [-0.15, -0.1) is 11.8 Å². The number of hydrogen-bond acceptors (Lipinski definition) is 3. The van der Waals surface area contributed by atoms with Crippen molar-refractivity contribution >= 4 is 17.5 Å². The van der Waals surface area contributed by atoms with Crippen LogP contribution in [0.1, 0.15) is 26.2 Å². The van der Waals surface area contributed by atoms with Gasteiger partial charge in [-0.2, -0.15) is 0 Å². The van der Waals surface area contributed by atoms with E-state index in [1.54, 1.807) is 18.9 Å². The predicted octanol–water partition coefficient (Wildman–Crippen LogP) is 1.88. The van der Waals surface area contributed by atoms with Gasteiger partial charge >= 0.3 is 0 Å². The molecule has 2 nitrogen and oxygen atoms in total. The van der Waals surface area contributed by atoms with Crippen LogP contribution in [0.3, 0.4) is 0 Å². The van der Waals surface area contributed by atoms with Gasteiger partial charge in [0.1, 0.15) is 0 Å². The summed E-state index contributed by atoms with van der Waals surface area (Å²) in [4.78, 5) is 11.6. The van der Waals surface area contributed by atoms with E-state index >= 15 is 0 Å². The van der Waals surface area contributed by atoms with Crippen molar-refractivity contribution in [3.8, 4) is 0 Å². The van der Waals surface area contributed by atoms with E-state index in [1.165, 1.54) is 6.42 Å². The summed E-state index contributed by atoms with van der Waals surface area (Å²) in [6, 6.07) is 0. The van der Waals surface area contributed by atoms with Crippen molar-refractivity contribution in [1.29, 1.82) is 0 Å². The molecule has 1 unspecified atom stereocenters. The summed E-state index contributed by atoms with van der Waals surface area (Å²) in [5.41, 5.74) is 0. The molecule has 1 rings (SSSR count). The molecule has 0 bridgehead atoms. The molecule has 1 aliphatic rings. The number of Topliss-reactive ketones (excluding diaryl/α,β-unsaturated/α-hetero) is 1. The molecule has 0 aromatic rings. The van der Waals surface area contributed by atoms with Gasteiger partial charge in [-0.1, -0.05) is 0 Å². The molecule has 3 heteroatoms. The standard InChI is InChI=1S/C9H16O2S/c1-9(5-3-7-12-9)8(10)4-6-11-2/h3-7H2,1-2H3. The smallest absolute Gasteiger partial charge is 0.150 e. The number of hydrogen-bond donors (Lipinski definition) is 0. The molecular weight excluding hydrogens is 172 g/mol. The number of ketones is 1. The van der Waals surface area contributed by atoms with E-state index in [9.17, 15) is 4.79 Å². The average molecular weight is 188 g/mol. The highest BCUT2D eigenvalue weighted by atomic mass is 32.2. The number of ether oxygens (including phenoxy) is 1. The summed E-state index contributed by atoms with van der Waals surface area (Å²) < 4.78 is 4.79. The van der Waals surface area contributed by atoms with E-state index in [-0.39, 0.29) is 4.75 Å². The van der Waals surface area contributed by atoms with Crippen LogP contribution in [-0.2, 0) is 9.53 Å². The lowest BCUT2D eigenvalue weighted by Gasteiger charge is -2.20. The first-order chi connectivity index (χ1) is 5.69. The number of carbonyl (C=O) groups excluding carboxylic acids is 1. The Labute approximate surface area is 78.1 Å². The summed E-state index contributed by atoms with van der Waals surface area (Å²) in [5, 5.41) is 0. The minimum atomic E-state index is -0.0987. The average Bonchev–Trinajstić information content (AvgIpc) is 2.49. The molecular formula is C9H16O2S. The third kappa shape index (κ3) is 2.23. The number of methoxy groups -OCH3 is 1. The summed E-state index contributed by atoms with van der Waals surface area (Å²) in [5.74, 6) is 1.49. The van der Waals surface area contributed by atoms with Crippen molar-refractivity contribution in [2.75, 3.05) is 19.5 Å². The summed E-state index contributed by atoms with van der Waals surface area (Å²) in [7, 11) is 1.64. The van der Waals surface area contributed by atoms with Crippen LogP contribution in [-0.4, -0.2) is 30.0 Å². The first-order valence-electron chi connectivity index (χ1n) is 4.35. The van der Waals surface area contributed by atoms with Crippen molar-refractivity contribution in [2.24, 2.45) is 0 Å². The zero-order valence-electron chi connectivity index (χ0n) is 7.76. The Hall–Kier alpha value is -0.0200. The topological polar surface area (TPSA) is 26.3 Å². The Morgan fingerprint density at radius 1 is 1.67 bits per heavy atom. The lowest BCUT2D eigenvalue weighted by atomic mass is 9.98. The van der Waals surface area contributed by atoms with Crippen molar-refractivity contribution < 1.29 is 9.53 Å². The fraction of sp³-hybridized carbons (Fsp3) is 0.889. The van der Waals surface area contributed by atoms with E-state index in [0.717, 1.165) is 12.2 Å². The highest BCUT2D eigenvalue weighted by Crippen LogP contribution is 2.38. The van der Waals surface area contributed by atoms with Crippen molar-refractivity contribution in [3.63, 3.8) is 0 Å². The van der Waals surface area contributed by atoms with Gasteiger partial charge in [0, 0.05) is 13.5 Å². The largest absolute Gasteiger partial charge is 0.384 e. The maximum atomic E-state index is 11.6. The molecule has 12 heavy (non-hydrogen) atoms. The minimum absolute atomic E-state index is 0.0987. The molecule has 0 N–H and O–H groups in total. The van der Waals surface area contributed by atoms with Gasteiger partial charge in [0.15, 0.2) is 5.78 Å². The zero-order chi connectivity index (χ0) is 9.03. The molecule has 0 spiro atoms. The first kappa shape index (κ1) is 10.1. The Kier molecular flexibility index (Phi) is 3.59. The van der Waals surface area contributed by atoms with Crippen molar-refractivity contribution in [1.82, 2.24) is 0 Å². The second kappa shape index (κ2) is 4.28. The molecule has 0 aliphatic carbocycles. The SMILES string of the molecule is COCCC(=O)C1(C)CCCS1. The van der Waals surface area contributed by atoms with Crippen LogP contribution in [0.15, 0.2) is 0 Å². The highest BCUT2D eigenvalue weighted by Gasteiger charge is 2.35. The zero-order valence-corrected chi connectivity index (χ0v) is 8.58. The van der Waals surface area contributed by atoms with Gasteiger partial charge in [-0.25, -0.2) is 0 Å². The van der Waals surface area contributed by atoms with Crippen LogP contribution in [0.2, 0.25) is 0 Å². The molecule has 1 atom stereocenters. The lowest BCUT2D eigenvalue weighted by molar-refractivity contribution is -0.121. The maximum absolute atomic E-state index is 11.6.